The summed E-state index contributed by atoms with van der Waals surface area (Å²) in [5.74, 6) is -2.22. The van der Waals surface area contributed by atoms with Crippen LogP contribution in [0.25, 0.3) is 16.5 Å². The van der Waals surface area contributed by atoms with E-state index in [0.717, 1.165) is 0 Å². The molecule has 0 amide bonds. The summed E-state index contributed by atoms with van der Waals surface area (Å²) in [6, 6.07) is 6.12. The zero-order chi connectivity index (χ0) is 18.9. The summed E-state index contributed by atoms with van der Waals surface area (Å²) >= 11 is 0. The minimum Gasteiger partial charge on any atom is -0.466 e. The molecule has 1 unspecified atom stereocenters. The third-order valence-corrected chi connectivity index (χ3v) is 5.14. The Morgan fingerprint density at radius 3 is 2.32 bits per heavy atom. The van der Waals surface area contributed by atoms with Gasteiger partial charge < -0.3 is 18.9 Å². The molecule has 0 fully saturated rings. The van der Waals surface area contributed by atoms with Gasteiger partial charge in [0.05, 0.1) is 20.3 Å². The van der Waals surface area contributed by atoms with E-state index < -0.39 is 19.4 Å². The summed E-state index contributed by atoms with van der Waals surface area (Å²) in [7, 11) is -2.54. The molecule has 0 heterocycles. The van der Waals surface area contributed by atoms with Gasteiger partial charge in [0.15, 0.2) is 5.85 Å². The molecule has 1 N–H and O–H groups in total. The van der Waals surface area contributed by atoms with E-state index in [0.29, 0.717) is 11.1 Å². The van der Waals surface area contributed by atoms with Crippen LogP contribution in [0.1, 0.15) is 30.8 Å². The molecule has 0 aliphatic carbocycles. The van der Waals surface area contributed by atoms with Crippen LogP contribution < -0.4 is 0 Å². The van der Waals surface area contributed by atoms with Gasteiger partial charge in [0.25, 0.3) is 0 Å². The highest BCUT2D eigenvalue weighted by Crippen LogP contribution is 2.59. The first-order chi connectivity index (χ1) is 11.9. The van der Waals surface area contributed by atoms with Crippen LogP contribution in [-0.4, -0.2) is 31.4 Å². The van der Waals surface area contributed by atoms with Crippen molar-refractivity contribution in [1.82, 2.24) is 0 Å². The number of methoxy groups -OCH3 is 1. The lowest BCUT2D eigenvalue weighted by molar-refractivity contribution is -0.136. The minimum absolute atomic E-state index is 0.129. The number of benzene rings is 1. The molecule has 1 rings (SSSR count). The Bertz CT molecular complexity index is 702. The highest BCUT2D eigenvalue weighted by Gasteiger charge is 2.35. The Kier molecular flexibility index (Phi) is 8.34. The third-order valence-electron chi connectivity index (χ3n) is 3.00. The number of rotatable bonds is 9. The number of aliphatic hydroxyl groups is 1. The van der Waals surface area contributed by atoms with Crippen LogP contribution in [0.15, 0.2) is 35.1 Å². The number of aliphatic hydroxyl groups excluding tert-OH is 1. The van der Waals surface area contributed by atoms with Gasteiger partial charge in [0.2, 0.25) is 0 Å². The van der Waals surface area contributed by atoms with Crippen molar-refractivity contribution >= 4 is 19.6 Å². The molecular formula is C15H20N3O6P. The number of nitrogens with zero attached hydrogens (tertiary/aromatic N) is 3. The van der Waals surface area contributed by atoms with Crippen molar-refractivity contribution in [2.45, 2.75) is 19.7 Å². The van der Waals surface area contributed by atoms with Gasteiger partial charge in [0.1, 0.15) is 5.70 Å². The number of carbonyl (C=O) groups is 1. The standard InChI is InChI=1S/C15H20N3O6P/c1-4-23-25(21,24-5-2)15(20)12-8-6-11(7-9-12)10-13(17-18-16)14(19)22-3/h6-10,15,20H,4-5H2,1-3H3. The van der Waals surface area contributed by atoms with E-state index in [2.05, 4.69) is 14.8 Å². The molecule has 0 aliphatic heterocycles. The van der Waals surface area contributed by atoms with Crippen LogP contribution in [0.4, 0.5) is 0 Å². The molecule has 10 heteroatoms. The number of esters is 1. The summed E-state index contributed by atoms with van der Waals surface area (Å²) in [4.78, 5) is 14.1. The van der Waals surface area contributed by atoms with Crippen molar-refractivity contribution in [3.8, 4) is 0 Å². The van der Waals surface area contributed by atoms with Crippen molar-refractivity contribution in [1.29, 1.82) is 0 Å². The van der Waals surface area contributed by atoms with E-state index in [1.165, 1.54) is 25.3 Å². The van der Waals surface area contributed by atoms with Gasteiger partial charge in [-0.15, -0.1) is 0 Å². The van der Waals surface area contributed by atoms with E-state index >= 15 is 0 Å². The molecule has 0 aliphatic rings. The van der Waals surface area contributed by atoms with Crippen LogP contribution in [0, 0.1) is 0 Å². The highest BCUT2D eigenvalue weighted by molar-refractivity contribution is 7.54. The summed E-state index contributed by atoms with van der Waals surface area (Å²) in [6.45, 7) is 3.56. The molecule has 1 aromatic rings. The lowest BCUT2D eigenvalue weighted by Crippen LogP contribution is -2.06. The SMILES string of the molecule is CCOP(=O)(OCC)C(O)c1ccc(C=C(N=[N+]=[N-])C(=O)OC)cc1. The Morgan fingerprint density at radius 1 is 1.32 bits per heavy atom. The number of carbonyl (C=O) groups excluding carboxylic acids is 1. The Labute approximate surface area is 145 Å². The second-order valence-corrected chi connectivity index (χ2v) is 6.71. The molecule has 0 radical (unpaired) electrons. The van der Waals surface area contributed by atoms with Gasteiger partial charge >= 0.3 is 13.6 Å². The van der Waals surface area contributed by atoms with Crippen LogP contribution in [0.3, 0.4) is 0 Å². The van der Waals surface area contributed by atoms with E-state index in [1.54, 1.807) is 26.0 Å². The quantitative estimate of drug-likeness (QED) is 0.176. The first-order valence-corrected chi connectivity index (χ1v) is 9.05. The summed E-state index contributed by atoms with van der Waals surface area (Å²) in [6.07, 6.45) is 1.33. The fourth-order valence-corrected chi connectivity index (χ4v) is 3.54. The van der Waals surface area contributed by atoms with Crippen LogP contribution in [0.5, 0.6) is 0 Å². The summed E-state index contributed by atoms with van der Waals surface area (Å²) < 4.78 is 27.3. The second-order valence-electron chi connectivity index (χ2n) is 4.63. The molecule has 136 valence electrons. The van der Waals surface area contributed by atoms with Gasteiger partial charge in [0, 0.05) is 4.91 Å². The largest absolute Gasteiger partial charge is 0.466 e. The predicted octanol–water partition coefficient (Wildman–Crippen LogP) is 3.77. The van der Waals surface area contributed by atoms with Crippen molar-refractivity contribution in [3.05, 3.63) is 51.5 Å². The zero-order valence-electron chi connectivity index (χ0n) is 14.2. The number of azide groups is 1. The van der Waals surface area contributed by atoms with Crippen LogP contribution >= 0.6 is 7.60 Å². The first-order valence-electron chi connectivity index (χ1n) is 7.43. The molecule has 0 saturated heterocycles. The normalized spacial score (nSPS) is 13.0. The van der Waals surface area contributed by atoms with Gasteiger partial charge in [-0.1, -0.05) is 29.4 Å². The van der Waals surface area contributed by atoms with Crippen molar-refractivity contribution in [2.24, 2.45) is 5.11 Å². The summed E-state index contributed by atoms with van der Waals surface area (Å²) in [5.41, 5.74) is 9.11. The maximum atomic E-state index is 12.6. The molecule has 1 aromatic carbocycles. The van der Waals surface area contributed by atoms with E-state index in [1.807, 2.05) is 0 Å². The predicted molar refractivity (Wildman–Crippen MR) is 91.4 cm³/mol. The van der Waals surface area contributed by atoms with Gasteiger partial charge in [-0.25, -0.2) is 4.79 Å². The molecule has 0 spiro atoms. The molecule has 9 nitrogen and oxygen atoms in total. The number of hydrogen-bond acceptors (Lipinski definition) is 7. The Balaban J connectivity index is 3.11. The van der Waals surface area contributed by atoms with E-state index in [9.17, 15) is 14.5 Å². The molecule has 0 saturated carbocycles. The lowest BCUT2D eigenvalue weighted by atomic mass is 10.1. The number of hydrogen-bond donors (Lipinski definition) is 1. The molecule has 0 aromatic heterocycles. The zero-order valence-corrected chi connectivity index (χ0v) is 15.1. The molecule has 1 atom stereocenters. The molecule has 0 bridgehead atoms. The third kappa shape index (κ3) is 5.70. The lowest BCUT2D eigenvalue weighted by Gasteiger charge is -2.22. The Hall–Kier alpha value is -2.15. The molecular weight excluding hydrogens is 349 g/mol. The maximum absolute atomic E-state index is 12.6. The van der Waals surface area contributed by atoms with Gasteiger partial charge in [-0.3, -0.25) is 4.57 Å². The van der Waals surface area contributed by atoms with Gasteiger partial charge in [-0.2, -0.15) is 0 Å². The fourth-order valence-electron chi connectivity index (χ4n) is 1.92. The van der Waals surface area contributed by atoms with Crippen molar-refractivity contribution in [2.75, 3.05) is 20.3 Å². The van der Waals surface area contributed by atoms with Crippen molar-refractivity contribution in [3.63, 3.8) is 0 Å². The number of ether oxygens (including phenoxy) is 1. The summed E-state index contributed by atoms with van der Waals surface area (Å²) in [5, 5.41) is 13.6. The van der Waals surface area contributed by atoms with E-state index in [4.69, 9.17) is 14.6 Å². The van der Waals surface area contributed by atoms with Crippen LogP contribution in [0.2, 0.25) is 0 Å². The van der Waals surface area contributed by atoms with Gasteiger partial charge in [-0.05, 0) is 36.6 Å². The highest BCUT2D eigenvalue weighted by atomic mass is 31.2. The fraction of sp³-hybridized carbons (Fsp3) is 0.400. The van der Waals surface area contributed by atoms with Crippen molar-refractivity contribution < 1.29 is 28.3 Å². The average Bonchev–Trinajstić information content (AvgIpc) is 2.61. The smallest absolute Gasteiger partial charge is 0.363 e. The minimum atomic E-state index is -3.71. The maximum Gasteiger partial charge on any atom is 0.363 e. The second kappa shape index (κ2) is 9.98. The topological polar surface area (TPSA) is 131 Å². The average molecular weight is 369 g/mol. The van der Waals surface area contributed by atoms with E-state index in [-0.39, 0.29) is 18.9 Å². The monoisotopic (exact) mass is 369 g/mol. The molecule has 25 heavy (non-hydrogen) atoms. The van der Waals surface area contributed by atoms with Crippen LogP contribution in [-0.2, 0) is 23.1 Å². The first kappa shape index (κ1) is 20.9. The Morgan fingerprint density at radius 2 is 1.88 bits per heavy atom.